The molecule has 0 spiro atoms. The first-order valence-corrected chi connectivity index (χ1v) is 6.29. The Labute approximate surface area is 382 Å². The van der Waals surface area contributed by atoms with Crippen LogP contribution in [0, 0.1) is 0 Å². The van der Waals surface area contributed by atoms with Crippen molar-refractivity contribution in [1.29, 1.82) is 0 Å². The van der Waals surface area contributed by atoms with Crippen LogP contribution in [-0.4, -0.2) is 346 Å². The third-order valence-electron chi connectivity index (χ3n) is 0. The summed E-state index contributed by atoms with van der Waals surface area (Å²) in [4.78, 5) is 0. The maximum atomic E-state index is 8.74. The number of hydrogen-bond donors (Lipinski definition) is 6. The Balaban J connectivity index is -0.00000000271. The molecule has 0 saturated heterocycles. The maximum Gasteiger partial charge on any atom is 2.00 e. The van der Waals surface area contributed by atoms with E-state index in [1.54, 1.807) is 0 Å². The van der Waals surface area contributed by atoms with Crippen LogP contribution in [0.4, 0.5) is 0 Å². The molecule has 0 aromatic heterocycles. The summed E-state index contributed by atoms with van der Waals surface area (Å²) in [5.41, 5.74) is 0. The Bertz CT molecular complexity index is 381. The monoisotopic (exact) mass is 1130 g/mol. The zero-order valence-electron chi connectivity index (χ0n) is 22.6. The van der Waals surface area contributed by atoms with Crippen LogP contribution in [0.3, 0.4) is 0 Å². The van der Waals surface area contributed by atoms with Gasteiger partial charge in [-0.05, 0) is 0 Å². The molecule has 0 saturated carbocycles. The Morgan fingerprint density at radius 2 is 0.381 bits per heavy atom. The van der Waals surface area contributed by atoms with E-state index < -0.39 is 31.2 Å². The quantitative estimate of drug-likeness (QED) is 0.106. The molecule has 0 unspecified atom stereocenters. The van der Waals surface area contributed by atoms with Gasteiger partial charge < -0.3 is 17.1 Å². The van der Waals surface area contributed by atoms with E-state index in [0.717, 1.165) is 0 Å². The van der Waals surface area contributed by atoms with E-state index >= 15 is 0 Å². The molecule has 0 heterocycles. The van der Waals surface area contributed by atoms with Gasteiger partial charge in [-0.3, -0.25) is 27.3 Å². The first-order valence-electron chi connectivity index (χ1n) is 2.10. The molecule has 0 fully saturated rings. The molecular formula is H18Ba6O12S3. The molecule has 0 amide bonds. The average molecular weight is 1130 g/mol. The molecule has 21 heteroatoms. The van der Waals surface area contributed by atoms with Crippen LogP contribution >= 0.6 is 0 Å². The molecule has 0 aromatic carbocycles. The maximum absolute atomic E-state index is 8.74. The fraction of sp³-hybridized carbons (Fsp3) is 0. The molecule has 0 aliphatic heterocycles. The topological polar surface area (TPSA) is 224 Å². The van der Waals surface area contributed by atoms with Gasteiger partial charge >= 0.3 is 324 Å². The third kappa shape index (κ3) is 260. The van der Waals surface area contributed by atoms with E-state index in [2.05, 4.69) is 0 Å². The first-order chi connectivity index (χ1) is 6.00. The fourth-order valence-corrected chi connectivity index (χ4v) is 0. The molecule has 0 bridgehead atoms. The smallest absolute Gasteiger partial charge is 1.00 e. The molecule has 0 aromatic rings. The SMILES string of the molecule is O=S(=O)(O)O.O=S(=O)(O)O.O=S(=O)(O)O.[Ba+2].[Ba+2].[Ba+2].[Ba+2].[Ba+2].[Ba+2].[H-].[H-].[H-].[H-].[H-].[H-].[H-].[H-].[H-].[H-].[H-].[H-]. The summed E-state index contributed by atoms with van der Waals surface area (Å²) in [6, 6.07) is 0. The third-order valence-corrected chi connectivity index (χ3v) is 0. The van der Waals surface area contributed by atoms with Gasteiger partial charge in [0.25, 0.3) is 0 Å². The molecular weight excluding hydrogens is 1110 g/mol. The van der Waals surface area contributed by atoms with Crippen LogP contribution in [0.1, 0.15) is 17.1 Å². The van der Waals surface area contributed by atoms with Gasteiger partial charge in [0, 0.05) is 0 Å². The van der Waals surface area contributed by atoms with Gasteiger partial charge in [0.05, 0.1) is 0 Å². The van der Waals surface area contributed by atoms with Crippen LogP contribution in [0.25, 0.3) is 0 Å². The average Bonchev–Trinajstić information content (AvgIpc) is 1.41. The predicted molar refractivity (Wildman–Crippen MR) is 90.4 cm³/mol. The summed E-state index contributed by atoms with van der Waals surface area (Å²) >= 11 is 0. The molecule has 12 nitrogen and oxygen atoms in total. The normalized spacial score (nSPS) is 8.29. The van der Waals surface area contributed by atoms with E-state index in [1.807, 2.05) is 0 Å². The van der Waals surface area contributed by atoms with Crippen LogP contribution < -0.4 is 0 Å². The van der Waals surface area contributed by atoms with Crippen molar-refractivity contribution >= 4 is 324 Å². The van der Waals surface area contributed by atoms with E-state index in [9.17, 15) is 0 Å². The number of rotatable bonds is 0. The molecule has 120 valence electrons. The van der Waals surface area contributed by atoms with Crippen LogP contribution in [0.5, 0.6) is 0 Å². The van der Waals surface area contributed by atoms with Crippen LogP contribution in [-0.2, 0) is 31.2 Å². The van der Waals surface area contributed by atoms with Crippen molar-refractivity contribution < 1.29 is 69.7 Å². The summed E-state index contributed by atoms with van der Waals surface area (Å²) in [5, 5.41) is 0. The standard InChI is InChI=1S/6Ba.3H2O4S.12H/c;;;;;;3*1-5(2,3)4;;;;;;;;;;;;/h;;;;;;3*(H2,1,2,3,4);;;;;;;;;;;;/q6*+2;;;;12*-1. The van der Waals surface area contributed by atoms with Crippen molar-refractivity contribution in [1.82, 2.24) is 0 Å². The summed E-state index contributed by atoms with van der Waals surface area (Å²) in [6.07, 6.45) is 0. The second-order valence-electron chi connectivity index (χ2n) is 1.34. The Morgan fingerprint density at radius 1 is 0.381 bits per heavy atom. The first kappa shape index (κ1) is 57.2. The summed E-state index contributed by atoms with van der Waals surface area (Å²) < 4.78 is 94.8. The zero-order valence-corrected chi connectivity index (χ0v) is 39.7. The zero-order chi connectivity index (χ0) is 13.5. The molecule has 0 radical (unpaired) electrons. The molecule has 0 aliphatic rings. The van der Waals surface area contributed by atoms with Gasteiger partial charge in [-0.25, -0.2) is 0 Å². The van der Waals surface area contributed by atoms with Crippen molar-refractivity contribution in [3.63, 3.8) is 0 Å². The summed E-state index contributed by atoms with van der Waals surface area (Å²) in [6.45, 7) is 0. The van der Waals surface area contributed by atoms with E-state index in [4.69, 9.17) is 52.6 Å². The van der Waals surface area contributed by atoms with E-state index in [-0.39, 0.29) is 310 Å². The minimum absolute atomic E-state index is 0. The van der Waals surface area contributed by atoms with Crippen LogP contribution in [0.15, 0.2) is 0 Å². The Hall–Kier alpha value is 9.04. The second-order valence-corrected chi connectivity index (χ2v) is 4.03. The fourth-order valence-electron chi connectivity index (χ4n) is 0. The summed E-state index contributed by atoms with van der Waals surface area (Å²) in [5.74, 6) is 0. The Kier molecular flexibility index (Phi) is 85.1. The minimum atomic E-state index is -4.67. The van der Waals surface area contributed by atoms with E-state index in [1.165, 1.54) is 0 Å². The largest absolute Gasteiger partial charge is 2.00 e. The van der Waals surface area contributed by atoms with Gasteiger partial charge in [0.1, 0.15) is 0 Å². The van der Waals surface area contributed by atoms with Gasteiger partial charge in [-0.2, -0.15) is 25.3 Å². The van der Waals surface area contributed by atoms with Gasteiger partial charge in [-0.1, -0.05) is 0 Å². The van der Waals surface area contributed by atoms with Crippen molar-refractivity contribution in [2.24, 2.45) is 0 Å². The minimum Gasteiger partial charge on any atom is -1.00 e. The molecule has 0 aliphatic carbocycles. The van der Waals surface area contributed by atoms with E-state index in [0.29, 0.717) is 0 Å². The predicted octanol–water partition coefficient (Wildman–Crippen LogP) is -2.89. The Morgan fingerprint density at radius 3 is 0.381 bits per heavy atom. The van der Waals surface area contributed by atoms with Gasteiger partial charge in [-0.15, -0.1) is 0 Å². The van der Waals surface area contributed by atoms with Crippen molar-refractivity contribution in [2.45, 2.75) is 0 Å². The second kappa shape index (κ2) is 31.2. The molecule has 0 rings (SSSR count). The molecule has 21 heavy (non-hydrogen) atoms. The van der Waals surface area contributed by atoms with Crippen molar-refractivity contribution in [3.8, 4) is 0 Å². The summed E-state index contributed by atoms with van der Waals surface area (Å²) in [7, 11) is -14.0. The van der Waals surface area contributed by atoms with Crippen LogP contribution in [0.2, 0.25) is 0 Å². The van der Waals surface area contributed by atoms with Gasteiger partial charge in [0.15, 0.2) is 0 Å². The molecule has 6 N–H and O–H groups in total. The van der Waals surface area contributed by atoms with Crippen molar-refractivity contribution in [2.75, 3.05) is 0 Å². The van der Waals surface area contributed by atoms with Gasteiger partial charge in [0.2, 0.25) is 0 Å². The van der Waals surface area contributed by atoms with Crippen molar-refractivity contribution in [3.05, 3.63) is 0 Å². The molecule has 0 atom stereocenters. The number of hydrogen-bond acceptors (Lipinski definition) is 6.